The molecule has 0 bridgehead atoms. The highest BCUT2D eigenvalue weighted by molar-refractivity contribution is 5.82. The van der Waals surface area contributed by atoms with Gasteiger partial charge in [0.1, 0.15) is 6.04 Å². The molecule has 1 aliphatic heterocycles. The maximum absolute atomic E-state index is 12.9. The van der Waals surface area contributed by atoms with E-state index in [1.165, 1.54) is 4.90 Å². The molecule has 2 N–H and O–H groups in total. The Morgan fingerprint density at radius 1 is 1.23 bits per heavy atom. The normalized spacial score (nSPS) is 27.1. The number of carbonyl (C=O) groups is 1. The smallest absolute Gasteiger partial charge is 0.255 e. The SMILES string of the molecule is O=C(C1NNC2CCCC21)N(Cc1ccccc1)CC(F)F. The van der Waals surface area contributed by atoms with Crippen LogP contribution in [-0.4, -0.2) is 35.9 Å². The summed E-state index contributed by atoms with van der Waals surface area (Å²) >= 11 is 0. The van der Waals surface area contributed by atoms with E-state index in [2.05, 4.69) is 10.9 Å². The fourth-order valence-electron chi connectivity index (χ4n) is 3.52. The zero-order valence-corrected chi connectivity index (χ0v) is 12.3. The Kier molecular flexibility index (Phi) is 4.69. The third-order valence-corrected chi connectivity index (χ3v) is 4.57. The molecule has 120 valence electrons. The van der Waals surface area contributed by atoms with Crippen molar-refractivity contribution in [3.8, 4) is 0 Å². The zero-order chi connectivity index (χ0) is 15.5. The van der Waals surface area contributed by atoms with E-state index < -0.39 is 19.0 Å². The third kappa shape index (κ3) is 3.28. The number of alkyl halides is 2. The average Bonchev–Trinajstić information content (AvgIpc) is 3.09. The van der Waals surface area contributed by atoms with Crippen molar-refractivity contribution in [2.24, 2.45) is 5.92 Å². The van der Waals surface area contributed by atoms with Crippen molar-refractivity contribution in [2.45, 2.75) is 44.3 Å². The number of benzene rings is 1. The van der Waals surface area contributed by atoms with E-state index in [1.54, 1.807) is 0 Å². The van der Waals surface area contributed by atoms with Gasteiger partial charge in [-0.1, -0.05) is 36.8 Å². The second kappa shape index (κ2) is 6.71. The van der Waals surface area contributed by atoms with Crippen molar-refractivity contribution in [2.75, 3.05) is 6.54 Å². The Morgan fingerprint density at radius 3 is 2.73 bits per heavy atom. The van der Waals surface area contributed by atoms with E-state index in [-0.39, 0.29) is 18.4 Å². The standard InChI is InChI=1S/C16H21F2N3O/c17-14(18)10-21(9-11-5-2-1-3-6-11)16(22)15-12-7-4-8-13(12)19-20-15/h1-3,5-6,12-15,19-20H,4,7-10H2. The molecule has 0 spiro atoms. The number of rotatable bonds is 5. The maximum atomic E-state index is 12.9. The molecule has 0 aromatic heterocycles. The summed E-state index contributed by atoms with van der Waals surface area (Å²) in [6, 6.07) is 9.17. The molecule has 2 fully saturated rings. The fraction of sp³-hybridized carbons (Fsp3) is 0.562. The Bertz CT molecular complexity index is 511. The summed E-state index contributed by atoms with van der Waals surface area (Å²) in [5.74, 6) is -0.0190. The molecular formula is C16H21F2N3O. The Balaban J connectivity index is 1.72. The number of nitrogens with one attached hydrogen (secondary N) is 2. The Labute approximate surface area is 128 Å². The summed E-state index contributed by atoms with van der Waals surface area (Å²) < 4.78 is 25.7. The van der Waals surface area contributed by atoms with Gasteiger partial charge in [0.2, 0.25) is 5.91 Å². The zero-order valence-electron chi connectivity index (χ0n) is 12.3. The van der Waals surface area contributed by atoms with Crippen molar-refractivity contribution < 1.29 is 13.6 Å². The van der Waals surface area contributed by atoms with Gasteiger partial charge in [0.25, 0.3) is 6.43 Å². The van der Waals surface area contributed by atoms with Crippen molar-refractivity contribution in [1.29, 1.82) is 0 Å². The number of hydrogen-bond acceptors (Lipinski definition) is 3. The lowest BCUT2D eigenvalue weighted by Crippen LogP contribution is -2.48. The van der Waals surface area contributed by atoms with Crippen LogP contribution < -0.4 is 10.9 Å². The summed E-state index contributed by atoms with van der Waals surface area (Å²) in [7, 11) is 0. The van der Waals surface area contributed by atoms with Crippen LogP contribution in [0.3, 0.4) is 0 Å². The molecule has 3 rings (SSSR count). The number of hydrogen-bond donors (Lipinski definition) is 2. The lowest BCUT2D eigenvalue weighted by molar-refractivity contribution is -0.136. The van der Waals surface area contributed by atoms with Gasteiger partial charge in [-0.3, -0.25) is 10.2 Å². The lowest BCUT2D eigenvalue weighted by Gasteiger charge is -2.27. The minimum atomic E-state index is -2.53. The van der Waals surface area contributed by atoms with Gasteiger partial charge >= 0.3 is 0 Å². The molecule has 0 radical (unpaired) electrons. The van der Waals surface area contributed by atoms with Crippen LogP contribution in [0.5, 0.6) is 0 Å². The van der Waals surface area contributed by atoms with E-state index in [0.29, 0.717) is 6.04 Å². The first-order valence-corrected chi connectivity index (χ1v) is 7.77. The molecule has 4 nitrogen and oxygen atoms in total. The van der Waals surface area contributed by atoms with Gasteiger partial charge in [0, 0.05) is 18.5 Å². The highest BCUT2D eigenvalue weighted by Gasteiger charge is 2.44. The average molecular weight is 309 g/mol. The topological polar surface area (TPSA) is 44.4 Å². The minimum Gasteiger partial charge on any atom is -0.331 e. The van der Waals surface area contributed by atoms with E-state index in [4.69, 9.17) is 0 Å². The number of carbonyl (C=O) groups excluding carboxylic acids is 1. The monoisotopic (exact) mass is 309 g/mol. The van der Waals surface area contributed by atoms with E-state index >= 15 is 0 Å². The minimum absolute atomic E-state index is 0.212. The molecule has 3 unspecified atom stereocenters. The molecule has 1 aromatic rings. The van der Waals surface area contributed by atoms with Crippen LogP contribution in [-0.2, 0) is 11.3 Å². The van der Waals surface area contributed by atoms with Crippen LogP contribution in [0.25, 0.3) is 0 Å². The van der Waals surface area contributed by atoms with Gasteiger partial charge in [-0.05, 0) is 18.4 Å². The first kappa shape index (κ1) is 15.4. The van der Waals surface area contributed by atoms with Crippen LogP contribution in [0.2, 0.25) is 0 Å². The molecule has 1 saturated heterocycles. The highest BCUT2D eigenvalue weighted by atomic mass is 19.3. The van der Waals surface area contributed by atoms with E-state index in [0.717, 1.165) is 24.8 Å². The Morgan fingerprint density at radius 2 is 2.00 bits per heavy atom. The number of nitrogens with zero attached hydrogens (tertiary/aromatic N) is 1. The first-order chi connectivity index (χ1) is 10.6. The molecule has 3 atom stereocenters. The molecule has 1 saturated carbocycles. The second-order valence-electron chi connectivity index (χ2n) is 6.06. The molecule has 2 aliphatic rings. The van der Waals surface area contributed by atoms with Crippen LogP contribution in [0, 0.1) is 5.92 Å². The highest BCUT2D eigenvalue weighted by Crippen LogP contribution is 2.32. The predicted molar refractivity (Wildman–Crippen MR) is 79.1 cm³/mol. The first-order valence-electron chi connectivity index (χ1n) is 7.77. The summed E-state index contributed by atoms with van der Waals surface area (Å²) in [6.07, 6.45) is 0.562. The van der Waals surface area contributed by atoms with Crippen molar-refractivity contribution in [3.63, 3.8) is 0 Å². The van der Waals surface area contributed by atoms with Gasteiger partial charge in [0.05, 0.1) is 6.54 Å². The summed E-state index contributed by atoms with van der Waals surface area (Å²) in [6.45, 7) is -0.303. The quantitative estimate of drug-likeness (QED) is 0.873. The molecule has 1 heterocycles. The van der Waals surface area contributed by atoms with Crippen molar-refractivity contribution in [3.05, 3.63) is 35.9 Å². The maximum Gasteiger partial charge on any atom is 0.255 e. The van der Waals surface area contributed by atoms with Gasteiger partial charge in [-0.25, -0.2) is 14.2 Å². The number of hydrazine groups is 1. The van der Waals surface area contributed by atoms with Crippen LogP contribution in [0.15, 0.2) is 30.3 Å². The number of amides is 1. The number of fused-ring (bicyclic) bond motifs is 1. The summed E-state index contributed by atoms with van der Waals surface area (Å²) in [4.78, 5) is 14.0. The molecule has 22 heavy (non-hydrogen) atoms. The largest absolute Gasteiger partial charge is 0.331 e. The van der Waals surface area contributed by atoms with Gasteiger partial charge < -0.3 is 4.90 Å². The summed E-state index contributed by atoms with van der Waals surface area (Å²) in [5.41, 5.74) is 7.01. The van der Waals surface area contributed by atoms with E-state index in [9.17, 15) is 13.6 Å². The molecule has 6 heteroatoms. The van der Waals surface area contributed by atoms with E-state index in [1.807, 2.05) is 30.3 Å². The van der Waals surface area contributed by atoms with Crippen molar-refractivity contribution in [1.82, 2.24) is 15.8 Å². The third-order valence-electron chi connectivity index (χ3n) is 4.57. The summed E-state index contributed by atoms with van der Waals surface area (Å²) in [5, 5.41) is 0. The van der Waals surface area contributed by atoms with Crippen molar-refractivity contribution >= 4 is 5.91 Å². The van der Waals surface area contributed by atoms with Gasteiger partial charge in [0.15, 0.2) is 0 Å². The second-order valence-corrected chi connectivity index (χ2v) is 6.06. The molecule has 1 aliphatic carbocycles. The molecule has 1 amide bonds. The van der Waals surface area contributed by atoms with Crippen LogP contribution in [0.1, 0.15) is 24.8 Å². The van der Waals surface area contributed by atoms with Gasteiger partial charge in [-0.15, -0.1) is 0 Å². The molecular weight excluding hydrogens is 288 g/mol. The van der Waals surface area contributed by atoms with Crippen LogP contribution in [0.4, 0.5) is 8.78 Å². The predicted octanol–water partition coefficient (Wildman–Crippen LogP) is 1.93. The Hall–Kier alpha value is -1.53. The van der Waals surface area contributed by atoms with Gasteiger partial charge in [-0.2, -0.15) is 0 Å². The fourth-order valence-corrected chi connectivity index (χ4v) is 3.52. The lowest BCUT2D eigenvalue weighted by atomic mass is 9.96. The molecule has 1 aromatic carbocycles. The number of halogens is 2. The van der Waals surface area contributed by atoms with Crippen LogP contribution >= 0.6 is 0 Å².